The van der Waals surface area contributed by atoms with Crippen molar-refractivity contribution in [2.24, 2.45) is 0 Å². The van der Waals surface area contributed by atoms with E-state index in [1.165, 1.54) is 7.11 Å². The van der Waals surface area contributed by atoms with Gasteiger partial charge in [-0.1, -0.05) is 35.3 Å². The quantitative estimate of drug-likeness (QED) is 0.579. The van der Waals surface area contributed by atoms with Crippen molar-refractivity contribution in [3.63, 3.8) is 0 Å². The van der Waals surface area contributed by atoms with Crippen LogP contribution in [0.25, 0.3) is 0 Å². The SMILES string of the molecule is COC(=O)c1ccc(CSc2cc(Cl)ccc2Cl)cc1. The van der Waals surface area contributed by atoms with Gasteiger partial charge in [0.15, 0.2) is 0 Å². The molecule has 5 heteroatoms. The monoisotopic (exact) mass is 326 g/mol. The predicted octanol–water partition coefficient (Wildman–Crippen LogP) is 5.07. The highest BCUT2D eigenvalue weighted by Gasteiger charge is 2.06. The van der Waals surface area contributed by atoms with Crippen molar-refractivity contribution >= 4 is 40.9 Å². The van der Waals surface area contributed by atoms with Gasteiger partial charge in [0, 0.05) is 15.7 Å². The first-order chi connectivity index (χ1) is 9.60. The van der Waals surface area contributed by atoms with Gasteiger partial charge in [0.2, 0.25) is 0 Å². The molecule has 0 aliphatic rings. The highest BCUT2D eigenvalue weighted by molar-refractivity contribution is 7.98. The van der Waals surface area contributed by atoms with Gasteiger partial charge in [0.1, 0.15) is 0 Å². The van der Waals surface area contributed by atoms with Gasteiger partial charge in [-0.05, 0) is 35.9 Å². The normalized spacial score (nSPS) is 10.3. The van der Waals surface area contributed by atoms with E-state index < -0.39 is 0 Å². The van der Waals surface area contributed by atoms with E-state index in [9.17, 15) is 4.79 Å². The zero-order chi connectivity index (χ0) is 14.5. The van der Waals surface area contributed by atoms with Gasteiger partial charge in [0.25, 0.3) is 0 Å². The Morgan fingerprint density at radius 3 is 2.50 bits per heavy atom. The Morgan fingerprint density at radius 2 is 1.85 bits per heavy atom. The van der Waals surface area contributed by atoms with Crippen LogP contribution in [0.3, 0.4) is 0 Å². The summed E-state index contributed by atoms with van der Waals surface area (Å²) in [6.07, 6.45) is 0. The van der Waals surface area contributed by atoms with E-state index in [1.807, 2.05) is 18.2 Å². The van der Waals surface area contributed by atoms with Crippen LogP contribution in [0.15, 0.2) is 47.4 Å². The molecule has 2 aromatic rings. The minimum absolute atomic E-state index is 0.331. The van der Waals surface area contributed by atoms with Crippen LogP contribution in [0, 0.1) is 0 Å². The number of hydrogen-bond acceptors (Lipinski definition) is 3. The fourth-order valence-corrected chi connectivity index (χ4v) is 3.05. The number of carbonyl (C=O) groups is 1. The van der Waals surface area contributed by atoms with Gasteiger partial charge in [0.05, 0.1) is 17.7 Å². The fraction of sp³-hybridized carbons (Fsp3) is 0.133. The second-order valence-electron chi connectivity index (χ2n) is 4.05. The number of halogens is 2. The Morgan fingerprint density at radius 1 is 1.15 bits per heavy atom. The molecule has 2 rings (SSSR count). The summed E-state index contributed by atoms with van der Waals surface area (Å²) in [6.45, 7) is 0. The summed E-state index contributed by atoms with van der Waals surface area (Å²) in [7, 11) is 1.37. The number of rotatable bonds is 4. The van der Waals surface area contributed by atoms with Gasteiger partial charge in [-0.25, -0.2) is 4.79 Å². The second-order valence-corrected chi connectivity index (χ2v) is 5.91. The van der Waals surface area contributed by atoms with Gasteiger partial charge in [-0.2, -0.15) is 0 Å². The summed E-state index contributed by atoms with van der Waals surface area (Å²) in [5.41, 5.74) is 1.64. The number of hydrogen-bond donors (Lipinski definition) is 0. The lowest BCUT2D eigenvalue weighted by molar-refractivity contribution is 0.0600. The summed E-state index contributed by atoms with van der Waals surface area (Å²) in [4.78, 5) is 12.3. The average Bonchev–Trinajstić information content (AvgIpc) is 2.48. The Balaban J connectivity index is 2.04. The largest absolute Gasteiger partial charge is 0.465 e. The number of thioether (sulfide) groups is 1. The molecule has 0 saturated heterocycles. The molecule has 0 atom stereocenters. The Hall–Kier alpha value is -1.16. The molecular formula is C15H12Cl2O2S. The standard InChI is InChI=1S/C15H12Cl2O2S/c1-19-15(18)11-4-2-10(3-5-11)9-20-14-8-12(16)6-7-13(14)17/h2-8H,9H2,1H3. The highest BCUT2D eigenvalue weighted by Crippen LogP contribution is 2.32. The van der Waals surface area contributed by atoms with Crippen molar-refractivity contribution in [2.45, 2.75) is 10.6 Å². The first-order valence-electron chi connectivity index (χ1n) is 5.85. The number of carbonyl (C=O) groups excluding carboxylic acids is 1. The van der Waals surface area contributed by atoms with Gasteiger partial charge >= 0.3 is 5.97 Å². The number of benzene rings is 2. The molecular weight excluding hydrogens is 315 g/mol. The molecule has 2 nitrogen and oxygen atoms in total. The lowest BCUT2D eigenvalue weighted by Crippen LogP contribution is -2.00. The first-order valence-corrected chi connectivity index (χ1v) is 7.59. The molecule has 0 saturated carbocycles. The molecule has 0 aliphatic heterocycles. The summed E-state index contributed by atoms with van der Waals surface area (Å²) in [6, 6.07) is 12.7. The van der Waals surface area contributed by atoms with Crippen LogP contribution < -0.4 is 0 Å². The molecule has 0 aromatic heterocycles. The molecule has 0 amide bonds. The lowest BCUT2D eigenvalue weighted by Gasteiger charge is -2.06. The minimum atomic E-state index is -0.331. The second kappa shape index (κ2) is 7.02. The van der Waals surface area contributed by atoms with Crippen molar-refractivity contribution < 1.29 is 9.53 Å². The molecule has 0 fully saturated rings. The van der Waals surface area contributed by atoms with Crippen molar-refractivity contribution in [3.8, 4) is 0 Å². The third-order valence-electron chi connectivity index (χ3n) is 2.66. The number of methoxy groups -OCH3 is 1. The summed E-state index contributed by atoms with van der Waals surface area (Å²) >= 11 is 13.7. The van der Waals surface area contributed by atoms with Crippen LogP contribution in [-0.2, 0) is 10.5 Å². The van der Waals surface area contributed by atoms with Gasteiger partial charge in [-0.15, -0.1) is 11.8 Å². The molecule has 0 unspecified atom stereocenters. The van der Waals surface area contributed by atoms with Crippen molar-refractivity contribution in [1.29, 1.82) is 0 Å². The molecule has 0 spiro atoms. The molecule has 104 valence electrons. The first kappa shape index (κ1) is 15.2. The van der Waals surface area contributed by atoms with Crippen LogP contribution >= 0.6 is 35.0 Å². The summed E-state index contributed by atoms with van der Waals surface area (Å²) in [5, 5.41) is 1.35. The van der Waals surface area contributed by atoms with Crippen LogP contribution in [0.1, 0.15) is 15.9 Å². The Bertz CT molecular complexity index is 612. The topological polar surface area (TPSA) is 26.3 Å². The summed E-state index contributed by atoms with van der Waals surface area (Å²) < 4.78 is 4.66. The Kier molecular flexibility index (Phi) is 5.35. The molecule has 0 heterocycles. The Labute approximate surface area is 132 Å². The zero-order valence-electron chi connectivity index (χ0n) is 10.7. The number of esters is 1. The van der Waals surface area contributed by atoms with Crippen LogP contribution in [-0.4, -0.2) is 13.1 Å². The van der Waals surface area contributed by atoms with E-state index in [-0.39, 0.29) is 5.97 Å². The molecule has 2 aromatic carbocycles. The smallest absolute Gasteiger partial charge is 0.337 e. The lowest BCUT2D eigenvalue weighted by atomic mass is 10.1. The molecule has 0 radical (unpaired) electrons. The maximum atomic E-state index is 11.3. The van der Waals surface area contributed by atoms with Crippen molar-refractivity contribution in [1.82, 2.24) is 0 Å². The van der Waals surface area contributed by atoms with E-state index in [4.69, 9.17) is 23.2 Å². The van der Waals surface area contributed by atoms with E-state index in [2.05, 4.69) is 4.74 Å². The van der Waals surface area contributed by atoms with Crippen LogP contribution in [0.2, 0.25) is 10.0 Å². The van der Waals surface area contributed by atoms with Crippen LogP contribution in [0.5, 0.6) is 0 Å². The zero-order valence-corrected chi connectivity index (χ0v) is 13.1. The predicted molar refractivity (Wildman–Crippen MR) is 83.8 cm³/mol. The van der Waals surface area contributed by atoms with Gasteiger partial charge < -0.3 is 4.74 Å². The maximum absolute atomic E-state index is 11.3. The van der Waals surface area contributed by atoms with Crippen molar-refractivity contribution in [2.75, 3.05) is 7.11 Å². The van der Waals surface area contributed by atoms with Gasteiger partial charge in [-0.3, -0.25) is 0 Å². The average molecular weight is 327 g/mol. The van der Waals surface area contributed by atoms with E-state index >= 15 is 0 Å². The van der Waals surface area contributed by atoms with E-state index in [0.29, 0.717) is 15.6 Å². The third-order valence-corrected chi connectivity index (χ3v) is 4.47. The molecule has 0 N–H and O–H groups in total. The minimum Gasteiger partial charge on any atom is -0.465 e. The highest BCUT2D eigenvalue weighted by atomic mass is 35.5. The van der Waals surface area contributed by atoms with Crippen LogP contribution in [0.4, 0.5) is 0 Å². The molecule has 0 bridgehead atoms. The fourth-order valence-electron chi connectivity index (χ4n) is 1.60. The molecule has 0 aliphatic carbocycles. The van der Waals surface area contributed by atoms with E-state index in [1.54, 1.807) is 36.0 Å². The summed E-state index contributed by atoms with van der Waals surface area (Å²) in [5.74, 6) is 0.420. The number of ether oxygens (including phenoxy) is 1. The third kappa shape index (κ3) is 3.92. The molecule has 20 heavy (non-hydrogen) atoms. The van der Waals surface area contributed by atoms with Crippen molar-refractivity contribution in [3.05, 3.63) is 63.6 Å². The maximum Gasteiger partial charge on any atom is 0.337 e. The van der Waals surface area contributed by atoms with E-state index in [0.717, 1.165) is 16.2 Å².